The minimum absolute atomic E-state index is 0.235. The number of nitrogens with zero attached hydrogens (tertiary/aromatic N) is 1. The number of hydrogen-bond donors (Lipinski definition) is 1. The topological polar surface area (TPSA) is 28.7 Å². The van der Waals surface area contributed by atoms with Crippen molar-refractivity contribution < 1.29 is 4.39 Å². The smallest absolute Gasteiger partial charge is 0.125 e. The molecule has 0 unspecified atom stereocenters. The van der Waals surface area contributed by atoms with Crippen LogP contribution in [0, 0.1) is 12.7 Å². The predicted octanol–water partition coefficient (Wildman–Crippen LogP) is 3.04. The Morgan fingerprint density at radius 3 is 2.69 bits per heavy atom. The number of aromatic nitrogens is 2. The van der Waals surface area contributed by atoms with Gasteiger partial charge in [0.1, 0.15) is 11.6 Å². The van der Waals surface area contributed by atoms with Gasteiger partial charge in [0.05, 0.1) is 11.0 Å². The number of hydrogen-bond acceptors (Lipinski definition) is 1. The van der Waals surface area contributed by atoms with E-state index >= 15 is 0 Å². The molecule has 2 rings (SSSR count). The zero-order valence-electron chi connectivity index (χ0n) is 8.06. The quantitative estimate of drug-likeness (QED) is 0.663. The van der Waals surface area contributed by atoms with Crippen molar-refractivity contribution in [3.8, 4) is 0 Å². The van der Waals surface area contributed by atoms with E-state index in [-0.39, 0.29) is 5.82 Å². The molecule has 0 aliphatic heterocycles. The van der Waals surface area contributed by atoms with Gasteiger partial charge < -0.3 is 4.98 Å². The maximum atomic E-state index is 12.6. The molecule has 13 heavy (non-hydrogen) atoms. The summed E-state index contributed by atoms with van der Waals surface area (Å²) >= 11 is 0. The second-order valence-electron chi connectivity index (χ2n) is 2.48. The van der Waals surface area contributed by atoms with Crippen LogP contribution in [0.5, 0.6) is 0 Å². The van der Waals surface area contributed by atoms with Crippen LogP contribution in [-0.4, -0.2) is 9.97 Å². The largest absolute Gasteiger partial charge is 0.342 e. The SMILES string of the molecule is CC.Cc1nc2ccc(F)cc2[nH]1. The normalized spacial score (nSPS) is 9.54. The highest BCUT2D eigenvalue weighted by Gasteiger charge is 1.98. The summed E-state index contributed by atoms with van der Waals surface area (Å²) in [5.41, 5.74) is 1.56. The molecule has 0 saturated carbocycles. The molecule has 0 saturated heterocycles. The molecule has 3 heteroatoms. The molecule has 0 fully saturated rings. The van der Waals surface area contributed by atoms with E-state index in [2.05, 4.69) is 9.97 Å². The van der Waals surface area contributed by atoms with Crippen LogP contribution in [0.25, 0.3) is 11.0 Å². The number of H-pyrrole nitrogens is 1. The zero-order valence-corrected chi connectivity index (χ0v) is 8.06. The van der Waals surface area contributed by atoms with E-state index in [9.17, 15) is 4.39 Å². The first-order chi connectivity index (χ1) is 6.25. The van der Waals surface area contributed by atoms with Gasteiger partial charge in [-0.05, 0) is 25.1 Å². The van der Waals surface area contributed by atoms with Crippen molar-refractivity contribution in [2.75, 3.05) is 0 Å². The molecule has 70 valence electrons. The molecule has 1 N–H and O–H groups in total. The van der Waals surface area contributed by atoms with Gasteiger partial charge in [0, 0.05) is 0 Å². The summed E-state index contributed by atoms with van der Waals surface area (Å²) in [6.07, 6.45) is 0. The third-order valence-corrected chi connectivity index (χ3v) is 1.56. The first kappa shape index (κ1) is 9.71. The van der Waals surface area contributed by atoms with Crippen LogP contribution >= 0.6 is 0 Å². The molecule has 0 aliphatic rings. The minimum Gasteiger partial charge on any atom is -0.342 e. The fourth-order valence-corrected chi connectivity index (χ4v) is 1.11. The lowest BCUT2D eigenvalue weighted by Gasteiger charge is -1.86. The van der Waals surface area contributed by atoms with Crippen LogP contribution in [0.4, 0.5) is 4.39 Å². The van der Waals surface area contributed by atoms with E-state index in [1.807, 2.05) is 20.8 Å². The number of rotatable bonds is 0. The average molecular weight is 180 g/mol. The molecule has 1 heterocycles. The standard InChI is InChI=1S/C8H7FN2.C2H6/c1-5-10-7-3-2-6(9)4-8(7)11-5;1-2/h2-4H,1H3,(H,10,11);1-2H3. The fraction of sp³-hybridized carbons (Fsp3) is 0.300. The molecule has 0 spiro atoms. The number of fused-ring (bicyclic) bond motifs is 1. The second-order valence-corrected chi connectivity index (χ2v) is 2.48. The van der Waals surface area contributed by atoms with E-state index in [1.165, 1.54) is 12.1 Å². The molecule has 1 aromatic carbocycles. The molecule has 0 bridgehead atoms. The van der Waals surface area contributed by atoms with Gasteiger partial charge in [0.15, 0.2) is 0 Å². The zero-order chi connectivity index (χ0) is 9.84. The number of halogens is 1. The molecular formula is C10H13FN2. The van der Waals surface area contributed by atoms with Crippen molar-refractivity contribution in [3.05, 3.63) is 29.8 Å². The highest BCUT2D eigenvalue weighted by molar-refractivity contribution is 5.74. The van der Waals surface area contributed by atoms with Crippen molar-refractivity contribution in [2.45, 2.75) is 20.8 Å². The van der Waals surface area contributed by atoms with Gasteiger partial charge in [-0.2, -0.15) is 0 Å². The number of aromatic amines is 1. The van der Waals surface area contributed by atoms with Gasteiger partial charge in [-0.25, -0.2) is 9.37 Å². The van der Waals surface area contributed by atoms with E-state index in [0.717, 1.165) is 16.9 Å². The summed E-state index contributed by atoms with van der Waals surface area (Å²) in [6.45, 7) is 5.85. The van der Waals surface area contributed by atoms with Gasteiger partial charge in [-0.15, -0.1) is 0 Å². The summed E-state index contributed by atoms with van der Waals surface area (Å²) in [6, 6.07) is 4.51. The van der Waals surface area contributed by atoms with Gasteiger partial charge >= 0.3 is 0 Å². The Morgan fingerprint density at radius 2 is 2.00 bits per heavy atom. The maximum Gasteiger partial charge on any atom is 0.125 e. The summed E-state index contributed by atoms with van der Waals surface area (Å²) in [5.74, 6) is 0.576. The third kappa shape index (κ3) is 2.05. The Kier molecular flexibility index (Phi) is 3.01. The Labute approximate surface area is 76.8 Å². The van der Waals surface area contributed by atoms with Crippen molar-refractivity contribution in [2.24, 2.45) is 0 Å². The predicted molar refractivity (Wildman–Crippen MR) is 52.1 cm³/mol. The van der Waals surface area contributed by atoms with Crippen LogP contribution in [0.2, 0.25) is 0 Å². The summed E-state index contributed by atoms with van der Waals surface area (Å²) in [5, 5.41) is 0. The minimum atomic E-state index is -0.235. The molecule has 0 aliphatic carbocycles. The lowest BCUT2D eigenvalue weighted by molar-refractivity contribution is 0.629. The Balaban J connectivity index is 0.000000396. The lowest BCUT2D eigenvalue weighted by atomic mass is 10.3. The molecule has 0 amide bonds. The van der Waals surface area contributed by atoms with Crippen molar-refractivity contribution in [1.82, 2.24) is 9.97 Å². The van der Waals surface area contributed by atoms with E-state index in [1.54, 1.807) is 6.07 Å². The van der Waals surface area contributed by atoms with Gasteiger partial charge in [-0.1, -0.05) is 13.8 Å². The maximum absolute atomic E-state index is 12.6. The molecule has 0 atom stereocenters. The van der Waals surface area contributed by atoms with Crippen LogP contribution in [0.3, 0.4) is 0 Å². The van der Waals surface area contributed by atoms with Crippen molar-refractivity contribution in [3.63, 3.8) is 0 Å². The Bertz CT molecular complexity index is 393. The first-order valence-electron chi connectivity index (χ1n) is 4.37. The average Bonchev–Trinajstić information content (AvgIpc) is 2.48. The van der Waals surface area contributed by atoms with E-state index in [0.29, 0.717) is 0 Å². The summed E-state index contributed by atoms with van der Waals surface area (Å²) < 4.78 is 12.6. The number of benzene rings is 1. The summed E-state index contributed by atoms with van der Waals surface area (Å²) in [7, 11) is 0. The van der Waals surface area contributed by atoms with Crippen LogP contribution in [-0.2, 0) is 0 Å². The fourth-order valence-electron chi connectivity index (χ4n) is 1.11. The molecule has 0 radical (unpaired) electrons. The van der Waals surface area contributed by atoms with E-state index < -0.39 is 0 Å². The molecule has 2 nitrogen and oxygen atoms in total. The molecule has 1 aromatic heterocycles. The lowest BCUT2D eigenvalue weighted by Crippen LogP contribution is -1.72. The van der Waals surface area contributed by atoms with E-state index in [4.69, 9.17) is 0 Å². The van der Waals surface area contributed by atoms with Crippen LogP contribution in [0.1, 0.15) is 19.7 Å². The highest BCUT2D eigenvalue weighted by atomic mass is 19.1. The Morgan fingerprint density at radius 1 is 1.31 bits per heavy atom. The van der Waals surface area contributed by atoms with Crippen LogP contribution in [0.15, 0.2) is 18.2 Å². The summed E-state index contributed by atoms with van der Waals surface area (Å²) in [4.78, 5) is 7.08. The monoisotopic (exact) mass is 180 g/mol. The number of imidazole rings is 1. The molecular weight excluding hydrogens is 167 g/mol. The first-order valence-corrected chi connectivity index (χ1v) is 4.37. The van der Waals surface area contributed by atoms with Gasteiger partial charge in [0.2, 0.25) is 0 Å². The Hall–Kier alpha value is -1.38. The second kappa shape index (κ2) is 4.03. The number of nitrogens with one attached hydrogen (secondary N) is 1. The third-order valence-electron chi connectivity index (χ3n) is 1.56. The highest BCUT2D eigenvalue weighted by Crippen LogP contribution is 2.11. The van der Waals surface area contributed by atoms with Gasteiger partial charge in [-0.3, -0.25) is 0 Å². The molecule has 2 aromatic rings. The van der Waals surface area contributed by atoms with Crippen LogP contribution < -0.4 is 0 Å². The van der Waals surface area contributed by atoms with Gasteiger partial charge in [0.25, 0.3) is 0 Å². The number of aryl methyl sites for hydroxylation is 1. The van der Waals surface area contributed by atoms with Crippen molar-refractivity contribution in [1.29, 1.82) is 0 Å². The van der Waals surface area contributed by atoms with Crippen molar-refractivity contribution >= 4 is 11.0 Å².